The lowest BCUT2D eigenvalue weighted by Crippen LogP contribution is -1.73. The number of unbranched alkanes of at least 4 members (excludes halogenated alkanes) is 3. The van der Waals surface area contributed by atoms with Gasteiger partial charge in [-0.3, -0.25) is 0 Å². The third-order valence-electron chi connectivity index (χ3n) is 0.987. The van der Waals surface area contributed by atoms with Gasteiger partial charge < -0.3 is 5.21 Å². The van der Waals surface area contributed by atoms with E-state index in [9.17, 15) is 0 Å². The Kier molecular flexibility index (Phi) is 20.0. The molecule has 0 fully saturated rings. The van der Waals surface area contributed by atoms with Crippen LogP contribution in [-0.2, 0) is 0 Å². The first-order valence-electron chi connectivity index (χ1n) is 3.36. The molecule has 0 saturated heterocycles. The second-order valence-corrected chi connectivity index (χ2v) is 2.62. The van der Waals surface area contributed by atoms with Crippen LogP contribution in [0.5, 0.6) is 0 Å². The molecule has 62 valence electrons. The minimum absolute atomic E-state index is 1.17. The van der Waals surface area contributed by atoms with Gasteiger partial charge in [-0.1, -0.05) is 42.1 Å². The Morgan fingerprint density at radius 1 is 1.40 bits per heavy atom. The molecule has 3 nitrogen and oxygen atoms in total. The van der Waals surface area contributed by atoms with Crippen molar-refractivity contribution >= 4 is 15.9 Å². The summed E-state index contributed by atoms with van der Waals surface area (Å²) in [5.74, 6) is 0. The highest BCUT2D eigenvalue weighted by molar-refractivity contribution is 9.09. The van der Waals surface area contributed by atoms with Crippen molar-refractivity contribution in [2.75, 3.05) is 5.33 Å². The van der Waals surface area contributed by atoms with Crippen LogP contribution in [0.25, 0.3) is 0 Å². The molecule has 0 saturated carbocycles. The third kappa shape index (κ3) is 24.8. The van der Waals surface area contributed by atoms with Gasteiger partial charge >= 0.3 is 0 Å². The zero-order valence-corrected chi connectivity index (χ0v) is 7.80. The predicted octanol–water partition coefficient (Wildman–Crippen LogP) is 3.10. The molecule has 0 amide bonds. The van der Waals surface area contributed by atoms with Crippen molar-refractivity contribution in [3.05, 3.63) is 4.91 Å². The molecule has 0 bridgehead atoms. The first kappa shape index (κ1) is 12.5. The van der Waals surface area contributed by atoms with Gasteiger partial charge in [0.05, 0.1) is 0 Å². The van der Waals surface area contributed by atoms with E-state index >= 15 is 0 Å². The van der Waals surface area contributed by atoms with Crippen molar-refractivity contribution in [3.63, 3.8) is 0 Å². The first-order valence-corrected chi connectivity index (χ1v) is 4.48. The van der Waals surface area contributed by atoms with Crippen LogP contribution in [0.1, 0.15) is 32.6 Å². The normalized spacial score (nSPS) is 7.80. The summed E-state index contributed by atoms with van der Waals surface area (Å²) in [6.45, 7) is 2.23. The molecule has 0 heterocycles. The van der Waals surface area contributed by atoms with Gasteiger partial charge in [0.1, 0.15) is 0 Å². The van der Waals surface area contributed by atoms with Gasteiger partial charge in [0.15, 0.2) is 5.34 Å². The average Bonchev–Trinajstić information content (AvgIpc) is 1.91. The lowest BCUT2D eigenvalue weighted by Gasteiger charge is -1.89. The standard InChI is InChI=1S/C6H13Br.HNO2/c1-2-3-4-5-6-7;2-1-3/h2-6H2,1H3;(H,2,3). The maximum atomic E-state index is 8.11. The minimum Gasteiger partial charge on any atom is -0.379 e. The fraction of sp³-hybridized carbons (Fsp3) is 1.00. The average molecular weight is 212 g/mol. The van der Waals surface area contributed by atoms with E-state index < -0.39 is 0 Å². The van der Waals surface area contributed by atoms with Crippen LogP contribution < -0.4 is 0 Å². The maximum Gasteiger partial charge on any atom is 0.152 e. The summed E-state index contributed by atoms with van der Waals surface area (Å²) in [5.41, 5.74) is 0. The molecule has 0 aliphatic carbocycles. The van der Waals surface area contributed by atoms with Gasteiger partial charge in [-0.05, 0) is 6.42 Å². The van der Waals surface area contributed by atoms with Crippen molar-refractivity contribution in [1.29, 1.82) is 0 Å². The van der Waals surface area contributed by atoms with E-state index in [2.05, 4.69) is 22.9 Å². The van der Waals surface area contributed by atoms with Crippen molar-refractivity contribution in [2.24, 2.45) is 5.34 Å². The number of hydrogen-bond acceptors (Lipinski definition) is 2. The smallest absolute Gasteiger partial charge is 0.152 e. The summed E-state index contributed by atoms with van der Waals surface area (Å²) in [6, 6.07) is 0. The largest absolute Gasteiger partial charge is 0.379 e. The van der Waals surface area contributed by atoms with Crippen molar-refractivity contribution in [3.8, 4) is 0 Å². The molecule has 4 heteroatoms. The zero-order chi connectivity index (χ0) is 8.24. The second-order valence-electron chi connectivity index (χ2n) is 1.83. The highest BCUT2D eigenvalue weighted by Gasteiger charge is 1.81. The van der Waals surface area contributed by atoms with E-state index in [1.165, 1.54) is 36.4 Å². The molecule has 0 aliphatic heterocycles. The Balaban J connectivity index is 0. The molecule has 0 unspecified atom stereocenters. The lowest BCUT2D eigenvalue weighted by atomic mass is 10.2. The third-order valence-corrected chi connectivity index (χ3v) is 1.55. The van der Waals surface area contributed by atoms with Crippen LogP contribution in [0, 0.1) is 4.91 Å². The molecule has 0 aliphatic rings. The highest BCUT2D eigenvalue weighted by Crippen LogP contribution is 1.99. The monoisotopic (exact) mass is 211 g/mol. The second kappa shape index (κ2) is 15.9. The molecular weight excluding hydrogens is 198 g/mol. The Hall–Kier alpha value is -0.120. The Morgan fingerprint density at radius 2 is 1.90 bits per heavy atom. The van der Waals surface area contributed by atoms with Crippen LogP contribution in [0.2, 0.25) is 0 Å². The van der Waals surface area contributed by atoms with Crippen LogP contribution in [0.3, 0.4) is 0 Å². The quantitative estimate of drug-likeness (QED) is 0.337. The highest BCUT2D eigenvalue weighted by atomic mass is 79.9. The number of rotatable bonds is 4. The maximum absolute atomic E-state index is 8.11. The zero-order valence-electron chi connectivity index (χ0n) is 6.22. The first-order chi connectivity index (χ1) is 4.83. The minimum atomic E-state index is 1.17. The van der Waals surface area contributed by atoms with E-state index in [1.807, 2.05) is 0 Å². The molecule has 0 rings (SSSR count). The van der Waals surface area contributed by atoms with Crippen molar-refractivity contribution in [1.82, 2.24) is 0 Å². The fourth-order valence-corrected chi connectivity index (χ4v) is 0.918. The SMILES string of the molecule is CCCCCCBr.O=NO. The van der Waals surface area contributed by atoms with E-state index in [-0.39, 0.29) is 0 Å². The molecule has 0 aromatic carbocycles. The van der Waals surface area contributed by atoms with Gasteiger partial charge in [0.2, 0.25) is 0 Å². The van der Waals surface area contributed by atoms with Gasteiger partial charge in [0, 0.05) is 5.33 Å². The number of hydrogen-bond donors (Lipinski definition) is 1. The van der Waals surface area contributed by atoms with Gasteiger partial charge in [-0.2, -0.15) is 0 Å². The van der Waals surface area contributed by atoms with E-state index in [1.54, 1.807) is 0 Å². The predicted molar refractivity (Wildman–Crippen MR) is 45.5 cm³/mol. The molecule has 0 spiro atoms. The summed E-state index contributed by atoms with van der Waals surface area (Å²) in [4.78, 5) is 8.11. The van der Waals surface area contributed by atoms with Crippen molar-refractivity contribution in [2.45, 2.75) is 32.6 Å². The molecule has 1 N–H and O–H groups in total. The summed E-state index contributed by atoms with van der Waals surface area (Å²) < 4.78 is 0. The lowest BCUT2D eigenvalue weighted by molar-refractivity contribution is 0.312. The van der Waals surface area contributed by atoms with E-state index in [0.29, 0.717) is 0 Å². The van der Waals surface area contributed by atoms with E-state index in [0.717, 1.165) is 0 Å². The molecule has 0 aromatic heterocycles. The molecule has 0 aromatic rings. The molecular formula is C6H14BrNO2. The Morgan fingerprint density at radius 3 is 2.20 bits per heavy atom. The number of nitrogens with zero attached hydrogens (tertiary/aromatic N) is 1. The summed E-state index contributed by atoms with van der Waals surface area (Å²) in [6.07, 6.45) is 5.47. The fourth-order valence-electron chi connectivity index (χ4n) is 0.521. The Bertz CT molecular complexity index is 57.7. The van der Waals surface area contributed by atoms with Crippen LogP contribution in [0.4, 0.5) is 0 Å². The van der Waals surface area contributed by atoms with Gasteiger partial charge in [-0.15, -0.1) is 4.91 Å². The van der Waals surface area contributed by atoms with Gasteiger partial charge in [-0.25, -0.2) is 0 Å². The van der Waals surface area contributed by atoms with Crippen LogP contribution >= 0.6 is 15.9 Å². The van der Waals surface area contributed by atoms with E-state index in [4.69, 9.17) is 10.1 Å². The summed E-state index contributed by atoms with van der Waals surface area (Å²) in [5, 5.41) is 9.06. The molecule has 10 heavy (non-hydrogen) atoms. The van der Waals surface area contributed by atoms with Gasteiger partial charge in [0.25, 0.3) is 0 Å². The summed E-state index contributed by atoms with van der Waals surface area (Å²) >= 11 is 3.38. The Labute approximate surface area is 69.9 Å². The summed E-state index contributed by atoms with van der Waals surface area (Å²) in [7, 11) is 0. The van der Waals surface area contributed by atoms with Crippen LogP contribution in [0.15, 0.2) is 5.34 Å². The number of alkyl halides is 1. The van der Waals surface area contributed by atoms with Crippen LogP contribution in [-0.4, -0.2) is 10.5 Å². The number of halogens is 1. The molecule has 0 atom stereocenters. The van der Waals surface area contributed by atoms with Crippen molar-refractivity contribution < 1.29 is 5.21 Å². The molecule has 0 radical (unpaired) electrons. The topological polar surface area (TPSA) is 49.7 Å².